The van der Waals surface area contributed by atoms with Gasteiger partial charge in [-0.05, 0) is 17.2 Å². The molecule has 0 unspecified atom stereocenters. The molecule has 1 fully saturated rings. The predicted molar refractivity (Wildman–Crippen MR) is 116 cm³/mol. The van der Waals surface area contributed by atoms with Gasteiger partial charge >= 0.3 is 5.97 Å². The molecule has 8 heteroatoms. The van der Waals surface area contributed by atoms with Crippen LogP contribution >= 0.6 is 24.0 Å². The average molecular weight is 427 g/mol. The number of nitrogens with zero attached hydrogens (tertiary/aromatic N) is 1. The second-order valence-corrected chi connectivity index (χ2v) is 8.00. The van der Waals surface area contributed by atoms with Crippen molar-refractivity contribution < 1.29 is 19.5 Å². The first-order valence-corrected chi connectivity index (χ1v) is 10.0. The van der Waals surface area contributed by atoms with Crippen LogP contribution < -0.4 is 5.32 Å². The molecule has 1 atom stereocenters. The zero-order valence-electron chi connectivity index (χ0n) is 15.3. The molecule has 2 aromatic carbocycles. The zero-order chi connectivity index (χ0) is 20.8. The van der Waals surface area contributed by atoms with Gasteiger partial charge in [0.15, 0.2) is 0 Å². The standard InChI is InChI=1S/C21H18N2O4S2/c24-18(22-16(20(26)27)11-14-7-3-1-4-8-14)13-23-19(25)17(29-21(23)28)12-15-9-5-2-6-10-15/h1-10,12,16H,11,13H2,(H,22,24)(H,26,27)/b17-12+/t16-/m1/s1. The van der Waals surface area contributed by atoms with Crippen LogP contribution in [0, 0.1) is 0 Å². The highest BCUT2D eigenvalue weighted by Crippen LogP contribution is 2.32. The third-order valence-corrected chi connectivity index (χ3v) is 5.57. The highest BCUT2D eigenvalue weighted by atomic mass is 32.2. The summed E-state index contributed by atoms with van der Waals surface area (Å²) in [6, 6.07) is 17.2. The number of thioether (sulfide) groups is 1. The Morgan fingerprint density at radius 1 is 1.10 bits per heavy atom. The van der Waals surface area contributed by atoms with Gasteiger partial charge in [0.05, 0.1) is 4.91 Å². The maximum Gasteiger partial charge on any atom is 0.326 e. The summed E-state index contributed by atoms with van der Waals surface area (Å²) in [7, 11) is 0. The lowest BCUT2D eigenvalue weighted by Crippen LogP contribution is -2.47. The van der Waals surface area contributed by atoms with E-state index in [1.807, 2.05) is 36.4 Å². The summed E-state index contributed by atoms with van der Waals surface area (Å²) >= 11 is 6.35. The van der Waals surface area contributed by atoms with Crippen molar-refractivity contribution in [2.75, 3.05) is 6.54 Å². The van der Waals surface area contributed by atoms with Crippen molar-refractivity contribution >= 4 is 52.2 Å². The van der Waals surface area contributed by atoms with Crippen LogP contribution in [0.4, 0.5) is 0 Å². The summed E-state index contributed by atoms with van der Waals surface area (Å²) in [4.78, 5) is 38.2. The Balaban J connectivity index is 1.64. The molecule has 1 aliphatic heterocycles. The molecule has 148 valence electrons. The summed E-state index contributed by atoms with van der Waals surface area (Å²) in [5, 5.41) is 11.9. The van der Waals surface area contributed by atoms with E-state index in [2.05, 4.69) is 5.32 Å². The van der Waals surface area contributed by atoms with Crippen molar-refractivity contribution in [3.63, 3.8) is 0 Å². The largest absolute Gasteiger partial charge is 0.480 e. The molecule has 0 aromatic heterocycles. The van der Waals surface area contributed by atoms with Crippen LogP contribution in [0.15, 0.2) is 65.6 Å². The van der Waals surface area contributed by atoms with Gasteiger partial charge in [0.2, 0.25) is 5.91 Å². The van der Waals surface area contributed by atoms with E-state index in [9.17, 15) is 19.5 Å². The predicted octanol–water partition coefficient (Wildman–Crippen LogP) is 2.70. The van der Waals surface area contributed by atoms with Crippen LogP contribution in [-0.2, 0) is 20.8 Å². The monoisotopic (exact) mass is 426 g/mol. The number of amides is 2. The van der Waals surface area contributed by atoms with E-state index >= 15 is 0 Å². The van der Waals surface area contributed by atoms with E-state index in [-0.39, 0.29) is 23.2 Å². The number of hydrogen-bond donors (Lipinski definition) is 2. The molecule has 29 heavy (non-hydrogen) atoms. The smallest absolute Gasteiger partial charge is 0.326 e. The zero-order valence-corrected chi connectivity index (χ0v) is 16.9. The molecule has 0 radical (unpaired) electrons. The number of thiocarbonyl (C=S) groups is 1. The molecule has 6 nitrogen and oxygen atoms in total. The van der Waals surface area contributed by atoms with Gasteiger partial charge < -0.3 is 10.4 Å². The molecule has 2 amide bonds. The SMILES string of the molecule is O=C(CN1C(=O)/C(=C\c2ccccc2)SC1=S)N[C@H](Cc1ccccc1)C(=O)O. The molecular weight excluding hydrogens is 408 g/mol. The number of nitrogens with one attached hydrogen (secondary N) is 1. The molecule has 1 heterocycles. The van der Waals surface area contributed by atoms with Crippen molar-refractivity contribution in [2.24, 2.45) is 0 Å². The molecule has 0 spiro atoms. The van der Waals surface area contributed by atoms with Crippen molar-refractivity contribution in [1.82, 2.24) is 10.2 Å². The molecule has 0 aliphatic carbocycles. The number of carboxylic acid groups (broad SMARTS) is 1. The molecular formula is C21H18N2O4S2. The number of carbonyl (C=O) groups excluding carboxylic acids is 2. The van der Waals surface area contributed by atoms with Crippen LogP contribution in [0.1, 0.15) is 11.1 Å². The van der Waals surface area contributed by atoms with E-state index in [0.717, 1.165) is 22.9 Å². The fourth-order valence-electron chi connectivity index (χ4n) is 2.77. The van der Waals surface area contributed by atoms with Gasteiger partial charge in [0, 0.05) is 6.42 Å². The van der Waals surface area contributed by atoms with E-state index in [0.29, 0.717) is 4.91 Å². The van der Waals surface area contributed by atoms with Crippen LogP contribution in [-0.4, -0.2) is 44.7 Å². The number of benzene rings is 2. The van der Waals surface area contributed by atoms with Crippen LogP contribution in [0.3, 0.4) is 0 Å². The molecule has 3 rings (SSSR count). The van der Waals surface area contributed by atoms with E-state index in [4.69, 9.17) is 12.2 Å². The van der Waals surface area contributed by atoms with E-state index < -0.39 is 17.9 Å². The fraction of sp³-hybridized carbons (Fsp3) is 0.143. The summed E-state index contributed by atoms with van der Waals surface area (Å²) in [5.74, 6) is -2.09. The molecule has 2 aromatic rings. The highest BCUT2D eigenvalue weighted by molar-refractivity contribution is 8.26. The Bertz CT molecular complexity index is 961. The fourth-order valence-corrected chi connectivity index (χ4v) is 4.03. The van der Waals surface area contributed by atoms with Crippen molar-refractivity contribution in [1.29, 1.82) is 0 Å². The van der Waals surface area contributed by atoms with Crippen molar-refractivity contribution in [2.45, 2.75) is 12.5 Å². The summed E-state index contributed by atoms with van der Waals surface area (Å²) in [5.41, 5.74) is 1.64. The van der Waals surface area contributed by atoms with Gasteiger partial charge in [-0.1, -0.05) is 84.6 Å². The van der Waals surface area contributed by atoms with Gasteiger partial charge in [-0.3, -0.25) is 14.5 Å². The first-order chi connectivity index (χ1) is 13.9. The summed E-state index contributed by atoms with van der Waals surface area (Å²) < 4.78 is 0.266. The molecule has 1 saturated heterocycles. The second-order valence-electron chi connectivity index (χ2n) is 6.33. The summed E-state index contributed by atoms with van der Waals surface area (Å²) in [6.45, 7) is -0.324. The van der Waals surface area contributed by atoms with Crippen LogP contribution in [0.25, 0.3) is 6.08 Å². The first kappa shape index (κ1) is 20.8. The van der Waals surface area contributed by atoms with Crippen molar-refractivity contribution in [3.8, 4) is 0 Å². The second kappa shape index (κ2) is 9.49. The third-order valence-electron chi connectivity index (χ3n) is 4.19. The Morgan fingerprint density at radius 2 is 1.72 bits per heavy atom. The maximum atomic E-state index is 12.6. The Hall–Kier alpha value is -2.97. The Morgan fingerprint density at radius 3 is 2.34 bits per heavy atom. The third kappa shape index (κ3) is 5.52. The Kier molecular flexibility index (Phi) is 6.79. The van der Waals surface area contributed by atoms with Crippen LogP contribution in [0.2, 0.25) is 0 Å². The number of rotatable bonds is 7. The average Bonchev–Trinajstić information content (AvgIpc) is 2.96. The lowest BCUT2D eigenvalue weighted by atomic mass is 10.1. The van der Waals surface area contributed by atoms with Gasteiger partial charge in [-0.25, -0.2) is 4.79 Å². The van der Waals surface area contributed by atoms with E-state index in [1.165, 1.54) is 4.90 Å². The lowest BCUT2D eigenvalue weighted by Gasteiger charge is -2.18. The number of carbonyl (C=O) groups is 3. The van der Waals surface area contributed by atoms with Gasteiger partial charge in [-0.15, -0.1) is 0 Å². The number of aliphatic carboxylic acids is 1. The maximum absolute atomic E-state index is 12.6. The minimum atomic E-state index is -1.14. The molecule has 0 bridgehead atoms. The number of carboxylic acids is 1. The quantitative estimate of drug-likeness (QED) is 0.523. The lowest BCUT2D eigenvalue weighted by molar-refractivity contribution is -0.142. The van der Waals surface area contributed by atoms with E-state index in [1.54, 1.807) is 30.3 Å². The minimum Gasteiger partial charge on any atom is -0.480 e. The molecule has 1 aliphatic rings. The Labute approximate surface area is 177 Å². The molecule has 2 N–H and O–H groups in total. The highest BCUT2D eigenvalue weighted by Gasteiger charge is 2.34. The van der Waals surface area contributed by atoms with Gasteiger partial charge in [0.1, 0.15) is 16.9 Å². The van der Waals surface area contributed by atoms with Gasteiger partial charge in [0.25, 0.3) is 5.91 Å². The van der Waals surface area contributed by atoms with Crippen LogP contribution in [0.5, 0.6) is 0 Å². The first-order valence-electron chi connectivity index (χ1n) is 8.80. The van der Waals surface area contributed by atoms with Gasteiger partial charge in [-0.2, -0.15) is 0 Å². The minimum absolute atomic E-state index is 0.147. The molecule has 0 saturated carbocycles. The normalized spacial score (nSPS) is 16.1. The number of hydrogen-bond acceptors (Lipinski definition) is 5. The topological polar surface area (TPSA) is 86.7 Å². The van der Waals surface area contributed by atoms with Crippen molar-refractivity contribution in [3.05, 3.63) is 76.7 Å². The summed E-state index contributed by atoms with van der Waals surface area (Å²) in [6.07, 6.45) is 1.86.